The van der Waals surface area contributed by atoms with Gasteiger partial charge in [-0.3, -0.25) is 4.79 Å². The number of anilines is 4. The number of hydrogen-bond acceptors (Lipinski definition) is 8. The molecule has 3 heterocycles. The number of nitrogens with two attached hydrogens (primary N) is 2. The Hall–Kier alpha value is -2.98. The van der Waals surface area contributed by atoms with Crippen molar-refractivity contribution >= 4 is 29.0 Å². The van der Waals surface area contributed by atoms with Crippen LogP contribution in [0, 0.1) is 5.82 Å². The van der Waals surface area contributed by atoms with Crippen LogP contribution in [0.3, 0.4) is 0 Å². The van der Waals surface area contributed by atoms with E-state index in [0.29, 0.717) is 25.3 Å². The summed E-state index contributed by atoms with van der Waals surface area (Å²) in [5.74, 6) is -0.477. The molecule has 1 saturated heterocycles. The number of hydrogen-bond donors (Lipinski definition) is 4. The van der Waals surface area contributed by atoms with Crippen LogP contribution in [0.25, 0.3) is 0 Å². The van der Waals surface area contributed by atoms with Gasteiger partial charge in [0.2, 0.25) is 0 Å². The molecule has 0 unspecified atom stereocenters. The maximum absolute atomic E-state index is 14.5. The lowest BCUT2D eigenvalue weighted by atomic mass is 10.1. The topological polar surface area (TPSA) is 131 Å². The van der Waals surface area contributed by atoms with Crippen molar-refractivity contribution in [2.45, 2.75) is 32.4 Å². The zero-order chi connectivity index (χ0) is 21.7. The predicted molar refractivity (Wildman–Crippen MR) is 115 cm³/mol. The maximum Gasteiger partial charge on any atom is 0.252 e. The first-order valence-electron chi connectivity index (χ1n) is 9.97. The third kappa shape index (κ3) is 5.14. The zero-order valence-corrected chi connectivity index (χ0v) is 17.2. The molecule has 1 aliphatic rings. The Morgan fingerprint density at radius 2 is 2.07 bits per heavy atom. The SMILES string of the molecule is CC[C@@H](Nc1nc(Nc2ccc(N3CCOCC3)nc2)c(C(N)=O)cc1F)[C@H](C)N. The highest BCUT2D eigenvalue weighted by atomic mass is 19.1. The Morgan fingerprint density at radius 3 is 2.63 bits per heavy atom. The van der Waals surface area contributed by atoms with Gasteiger partial charge in [-0.05, 0) is 31.5 Å². The Kier molecular flexibility index (Phi) is 7.01. The number of morpholine rings is 1. The van der Waals surface area contributed by atoms with E-state index in [1.807, 2.05) is 26.0 Å². The lowest BCUT2D eigenvalue weighted by molar-refractivity contribution is 0.100. The molecule has 30 heavy (non-hydrogen) atoms. The van der Waals surface area contributed by atoms with Crippen LogP contribution in [-0.2, 0) is 4.74 Å². The van der Waals surface area contributed by atoms with E-state index in [4.69, 9.17) is 16.2 Å². The fourth-order valence-electron chi connectivity index (χ4n) is 3.23. The minimum atomic E-state index is -0.785. The van der Waals surface area contributed by atoms with Gasteiger partial charge in [-0.1, -0.05) is 6.92 Å². The zero-order valence-electron chi connectivity index (χ0n) is 17.2. The normalized spacial score (nSPS) is 16.1. The second-order valence-electron chi connectivity index (χ2n) is 7.23. The van der Waals surface area contributed by atoms with Crippen molar-refractivity contribution in [3.05, 3.63) is 35.8 Å². The standard InChI is InChI=1S/C20H28FN7O2/c1-3-16(12(2)22)26-20-15(21)10-14(18(23)29)19(27-20)25-13-4-5-17(24-11-13)28-6-8-30-9-7-28/h4-5,10-12,16H,3,6-9,22H2,1-2H3,(H2,23,29)(H2,25,26,27)/t12-,16+/m0/s1. The van der Waals surface area contributed by atoms with Gasteiger partial charge < -0.3 is 31.7 Å². The lowest BCUT2D eigenvalue weighted by Gasteiger charge is -2.27. The van der Waals surface area contributed by atoms with Gasteiger partial charge in [-0.25, -0.2) is 14.4 Å². The molecular formula is C20H28FN7O2. The van der Waals surface area contributed by atoms with Crippen LogP contribution in [0.1, 0.15) is 30.6 Å². The monoisotopic (exact) mass is 417 g/mol. The Labute approximate surface area is 175 Å². The largest absolute Gasteiger partial charge is 0.378 e. The number of ether oxygens (including phenoxy) is 1. The number of nitrogens with one attached hydrogen (secondary N) is 2. The first-order valence-corrected chi connectivity index (χ1v) is 9.97. The summed E-state index contributed by atoms with van der Waals surface area (Å²) in [6.07, 6.45) is 2.32. The van der Waals surface area contributed by atoms with Crippen LogP contribution in [0.5, 0.6) is 0 Å². The molecule has 2 aromatic rings. The van der Waals surface area contributed by atoms with E-state index < -0.39 is 11.7 Å². The highest BCUT2D eigenvalue weighted by molar-refractivity contribution is 5.98. The van der Waals surface area contributed by atoms with E-state index >= 15 is 0 Å². The third-order valence-corrected chi connectivity index (χ3v) is 4.98. The van der Waals surface area contributed by atoms with Crippen LogP contribution in [0.15, 0.2) is 24.4 Å². The van der Waals surface area contributed by atoms with Gasteiger partial charge in [0.05, 0.1) is 30.7 Å². The van der Waals surface area contributed by atoms with Crippen molar-refractivity contribution < 1.29 is 13.9 Å². The Balaban J connectivity index is 1.84. The fraction of sp³-hybridized carbons (Fsp3) is 0.450. The Bertz CT molecular complexity index is 870. The fourth-order valence-corrected chi connectivity index (χ4v) is 3.23. The van der Waals surface area contributed by atoms with Crippen LogP contribution >= 0.6 is 0 Å². The molecule has 162 valence electrons. The van der Waals surface area contributed by atoms with Gasteiger partial charge >= 0.3 is 0 Å². The summed E-state index contributed by atoms with van der Waals surface area (Å²) in [6, 6.07) is 4.37. The molecule has 2 atom stereocenters. The quantitative estimate of drug-likeness (QED) is 0.512. The van der Waals surface area contributed by atoms with Gasteiger partial charge in [-0.2, -0.15) is 0 Å². The van der Waals surface area contributed by atoms with Gasteiger partial charge in [0.1, 0.15) is 11.6 Å². The second kappa shape index (κ2) is 9.68. The van der Waals surface area contributed by atoms with E-state index in [9.17, 15) is 9.18 Å². The summed E-state index contributed by atoms with van der Waals surface area (Å²) >= 11 is 0. The molecule has 1 fully saturated rings. The molecule has 0 saturated carbocycles. The number of rotatable bonds is 8. The molecule has 1 amide bonds. The number of primary amides is 1. The van der Waals surface area contributed by atoms with E-state index in [1.165, 1.54) is 0 Å². The molecule has 0 radical (unpaired) electrons. The summed E-state index contributed by atoms with van der Waals surface area (Å²) in [5, 5.41) is 6.02. The lowest BCUT2D eigenvalue weighted by Crippen LogP contribution is -2.38. The van der Waals surface area contributed by atoms with Gasteiger partial charge in [0.15, 0.2) is 11.6 Å². The third-order valence-electron chi connectivity index (χ3n) is 4.98. The molecule has 3 rings (SSSR count). The minimum absolute atomic E-state index is 0.00421. The van der Waals surface area contributed by atoms with E-state index in [-0.39, 0.29) is 29.3 Å². The number of carbonyl (C=O) groups excluding carboxylic acids is 1. The average molecular weight is 417 g/mol. The summed E-state index contributed by atoms with van der Waals surface area (Å²) in [4.78, 5) is 22.7. The van der Waals surface area contributed by atoms with Gasteiger partial charge in [0.25, 0.3) is 5.91 Å². The molecule has 0 aromatic carbocycles. The van der Waals surface area contributed by atoms with Crippen LogP contribution in [-0.4, -0.2) is 54.3 Å². The number of amides is 1. The van der Waals surface area contributed by atoms with Crippen LogP contribution in [0.4, 0.5) is 27.5 Å². The molecule has 6 N–H and O–H groups in total. The van der Waals surface area contributed by atoms with Crippen molar-refractivity contribution in [3.63, 3.8) is 0 Å². The molecule has 0 spiro atoms. The summed E-state index contributed by atoms with van der Waals surface area (Å²) in [7, 11) is 0. The number of nitrogens with zero attached hydrogens (tertiary/aromatic N) is 3. The van der Waals surface area contributed by atoms with Crippen molar-refractivity contribution in [2.75, 3.05) is 41.8 Å². The molecule has 1 aliphatic heterocycles. The average Bonchev–Trinajstić information content (AvgIpc) is 2.74. The number of halogens is 1. The maximum atomic E-state index is 14.5. The first-order chi connectivity index (χ1) is 14.4. The Morgan fingerprint density at radius 1 is 1.33 bits per heavy atom. The first kappa shape index (κ1) is 21.7. The van der Waals surface area contributed by atoms with Crippen molar-refractivity contribution in [1.82, 2.24) is 9.97 Å². The molecule has 10 heteroatoms. The summed E-state index contributed by atoms with van der Waals surface area (Å²) in [5.41, 5.74) is 11.9. The highest BCUT2D eigenvalue weighted by Crippen LogP contribution is 2.25. The van der Waals surface area contributed by atoms with Gasteiger partial charge in [-0.15, -0.1) is 0 Å². The van der Waals surface area contributed by atoms with Crippen LogP contribution < -0.4 is 27.0 Å². The smallest absolute Gasteiger partial charge is 0.252 e. The molecule has 0 aliphatic carbocycles. The van der Waals surface area contributed by atoms with Crippen molar-refractivity contribution in [3.8, 4) is 0 Å². The second-order valence-corrected chi connectivity index (χ2v) is 7.23. The molecule has 9 nitrogen and oxygen atoms in total. The van der Waals surface area contributed by atoms with E-state index in [1.54, 1.807) is 6.20 Å². The summed E-state index contributed by atoms with van der Waals surface area (Å²) < 4.78 is 19.9. The molecule has 0 bridgehead atoms. The van der Waals surface area contributed by atoms with Crippen molar-refractivity contribution in [2.24, 2.45) is 11.5 Å². The molecular weight excluding hydrogens is 389 g/mol. The van der Waals surface area contributed by atoms with E-state index in [0.717, 1.165) is 25.0 Å². The number of pyridine rings is 2. The van der Waals surface area contributed by atoms with Crippen molar-refractivity contribution in [1.29, 1.82) is 0 Å². The molecule has 2 aromatic heterocycles. The predicted octanol–water partition coefficient (Wildman–Crippen LogP) is 1.83. The van der Waals surface area contributed by atoms with Gasteiger partial charge in [0, 0.05) is 25.2 Å². The minimum Gasteiger partial charge on any atom is -0.378 e. The van der Waals surface area contributed by atoms with Crippen LogP contribution in [0.2, 0.25) is 0 Å². The highest BCUT2D eigenvalue weighted by Gasteiger charge is 2.20. The van der Waals surface area contributed by atoms with E-state index in [2.05, 4.69) is 25.5 Å². The number of carbonyl (C=O) groups is 1. The number of aromatic nitrogens is 2. The summed E-state index contributed by atoms with van der Waals surface area (Å²) in [6.45, 7) is 6.66.